The largest absolute Gasteiger partial charge is 0.464 e. The van der Waals surface area contributed by atoms with Gasteiger partial charge in [0.2, 0.25) is 0 Å². The molecule has 1 aromatic heterocycles. The Morgan fingerprint density at radius 1 is 1.24 bits per heavy atom. The zero-order valence-electron chi connectivity index (χ0n) is 11.3. The van der Waals surface area contributed by atoms with Gasteiger partial charge in [-0.15, -0.1) is 0 Å². The summed E-state index contributed by atoms with van der Waals surface area (Å²) in [6, 6.07) is 4.69. The van der Waals surface area contributed by atoms with Gasteiger partial charge in [-0.3, -0.25) is 0 Å². The lowest BCUT2D eigenvalue weighted by molar-refractivity contribution is 0.445. The molecule has 1 rings (SSSR count). The molecule has 17 heavy (non-hydrogen) atoms. The van der Waals surface area contributed by atoms with Crippen molar-refractivity contribution in [2.45, 2.75) is 58.4 Å². The van der Waals surface area contributed by atoms with Crippen LogP contribution in [0.3, 0.4) is 0 Å². The van der Waals surface area contributed by atoms with E-state index in [0.29, 0.717) is 6.04 Å². The van der Waals surface area contributed by atoms with Gasteiger partial charge in [0.1, 0.15) is 11.5 Å². The smallest absolute Gasteiger partial charge is 0.118 e. The zero-order valence-corrected chi connectivity index (χ0v) is 12.1. The molecule has 1 aromatic rings. The monoisotopic (exact) mass is 255 g/mol. The maximum atomic E-state index is 5.76. The van der Waals surface area contributed by atoms with Crippen LogP contribution in [0.15, 0.2) is 16.5 Å². The summed E-state index contributed by atoms with van der Waals surface area (Å²) in [4.78, 5) is 0. The molecular weight excluding hydrogens is 230 g/mol. The van der Waals surface area contributed by atoms with E-state index in [0.717, 1.165) is 23.8 Å². The third-order valence-corrected chi connectivity index (χ3v) is 3.60. The van der Waals surface area contributed by atoms with E-state index in [1.807, 2.05) is 11.8 Å². The molecule has 0 saturated heterocycles. The van der Waals surface area contributed by atoms with Crippen molar-refractivity contribution in [3.05, 3.63) is 23.7 Å². The summed E-state index contributed by atoms with van der Waals surface area (Å²) in [6.07, 6.45) is 3.96. The van der Waals surface area contributed by atoms with Crippen molar-refractivity contribution in [3.63, 3.8) is 0 Å². The molecule has 0 aliphatic rings. The summed E-state index contributed by atoms with van der Waals surface area (Å²) >= 11 is 1.97. The molecule has 0 saturated carbocycles. The Kier molecular flexibility index (Phi) is 7.45. The lowest BCUT2D eigenvalue weighted by Gasteiger charge is -2.05. The molecular formula is C14H25NOS. The minimum Gasteiger partial charge on any atom is -0.464 e. The lowest BCUT2D eigenvalue weighted by atomic mass is 10.3. The number of furan rings is 1. The average molecular weight is 255 g/mol. The molecule has 0 atom stereocenters. The number of hydrogen-bond donors (Lipinski definition) is 1. The highest BCUT2D eigenvalue weighted by Gasteiger charge is 2.02. The molecule has 0 aliphatic carbocycles. The summed E-state index contributed by atoms with van der Waals surface area (Å²) in [5.41, 5.74) is 0. The first-order valence-electron chi connectivity index (χ1n) is 6.61. The fourth-order valence-electron chi connectivity index (χ4n) is 1.53. The Morgan fingerprint density at radius 3 is 2.71 bits per heavy atom. The molecule has 0 aliphatic heterocycles. The fraction of sp³-hybridized carbons (Fsp3) is 0.714. The molecule has 0 amide bonds. The van der Waals surface area contributed by atoms with Crippen LogP contribution in [-0.2, 0) is 12.3 Å². The van der Waals surface area contributed by atoms with Gasteiger partial charge in [0, 0.05) is 6.04 Å². The van der Waals surface area contributed by atoms with Gasteiger partial charge in [0.05, 0.1) is 12.3 Å². The summed E-state index contributed by atoms with van der Waals surface area (Å²) in [6.45, 7) is 7.37. The maximum Gasteiger partial charge on any atom is 0.118 e. The summed E-state index contributed by atoms with van der Waals surface area (Å²) in [7, 11) is 0. The standard InChI is InChI=1S/C14H25NOS/c1-4-5-6-9-17-11-14-8-7-13(16-14)10-15-12(2)3/h7-8,12,15H,4-6,9-11H2,1-3H3. The molecule has 3 heteroatoms. The Hall–Kier alpha value is -0.410. The predicted molar refractivity (Wildman–Crippen MR) is 76.4 cm³/mol. The number of nitrogens with one attached hydrogen (secondary N) is 1. The predicted octanol–water partition coefficient (Wildman–Crippen LogP) is 4.20. The first-order chi connectivity index (χ1) is 8.22. The lowest BCUT2D eigenvalue weighted by Crippen LogP contribution is -2.21. The van der Waals surface area contributed by atoms with E-state index in [1.54, 1.807) is 0 Å². The quantitative estimate of drug-likeness (QED) is 0.669. The van der Waals surface area contributed by atoms with E-state index >= 15 is 0 Å². The fourth-order valence-corrected chi connectivity index (χ4v) is 2.44. The third kappa shape index (κ3) is 6.79. The van der Waals surface area contributed by atoms with E-state index in [2.05, 4.69) is 38.2 Å². The highest BCUT2D eigenvalue weighted by atomic mass is 32.2. The molecule has 2 nitrogen and oxygen atoms in total. The molecule has 0 unspecified atom stereocenters. The molecule has 0 bridgehead atoms. The van der Waals surface area contributed by atoms with Crippen LogP contribution in [0.2, 0.25) is 0 Å². The highest BCUT2D eigenvalue weighted by Crippen LogP contribution is 2.17. The number of hydrogen-bond acceptors (Lipinski definition) is 3. The van der Waals surface area contributed by atoms with Crippen LogP contribution in [0.25, 0.3) is 0 Å². The Labute approximate surface area is 110 Å². The van der Waals surface area contributed by atoms with E-state index in [1.165, 1.54) is 25.0 Å². The highest BCUT2D eigenvalue weighted by molar-refractivity contribution is 7.98. The van der Waals surface area contributed by atoms with Crippen LogP contribution >= 0.6 is 11.8 Å². The van der Waals surface area contributed by atoms with E-state index in [9.17, 15) is 0 Å². The van der Waals surface area contributed by atoms with Gasteiger partial charge in [0.15, 0.2) is 0 Å². The van der Waals surface area contributed by atoms with E-state index in [-0.39, 0.29) is 0 Å². The normalized spacial score (nSPS) is 11.3. The summed E-state index contributed by atoms with van der Waals surface area (Å²) in [5.74, 6) is 4.40. The van der Waals surface area contributed by atoms with Gasteiger partial charge in [-0.2, -0.15) is 11.8 Å². The number of unbranched alkanes of at least 4 members (excludes halogenated alkanes) is 2. The first-order valence-corrected chi connectivity index (χ1v) is 7.76. The minimum atomic E-state index is 0.506. The van der Waals surface area contributed by atoms with Crippen LogP contribution in [0.1, 0.15) is 51.6 Å². The second-order valence-corrected chi connectivity index (χ2v) is 5.77. The van der Waals surface area contributed by atoms with Crippen LogP contribution in [0, 0.1) is 0 Å². The van der Waals surface area contributed by atoms with Gasteiger partial charge in [-0.1, -0.05) is 33.6 Å². The SMILES string of the molecule is CCCCCSCc1ccc(CNC(C)C)o1. The van der Waals surface area contributed by atoms with E-state index in [4.69, 9.17) is 4.42 Å². The van der Waals surface area contributed by atoms with Gasteiger partial charge in [0.25, 0.3) is 0 Å². The first kappa shape index (κ1) is 14.7. The van der Waals surface area contributed by atoms with Crippen molar-refractivity contribution in [1.82, 2.24) is 5.32 Å². The van der Waals surface area contributed by atoms with Gasteiger partial charge in [-0.05, 0) is 24.3 Å². The molecule has 0 spiro atoms. The number of rotatable bonds is 9. The molecule has 1 heterocycles. The number of thioether (sulfide) groups is 1. The molecule has 0 radical (unpaired) electrons. The van der Waals surface area contributed by atoms with Crippen molar-refractivity contribution in [3.8, 4) is 0 Å². The second-order valence-electron chi connectivity index (χ2n) is 4.66. The zero-order chi connectivity index (χ0) is 12.5. The Balaban J connectivity index is 2.17. The van der Waals surface area contributed by atoms with Crippen molar-refractivity contribution in [2.75, 3.05) is 5.75 Å². The third-order valence-electron chi connectivity index (χ3n) is 2.54. The minimum absolute atomic E-state index is 0.506. The summed E-state index contributed by atoms with van der Waals surface area (Å²) < 4.78 is 5.76. The van der Waals surface area contributed by atoms with Crippen molar-refractivity contribution >= 4 is 11.8 Å². The molecule has 98 valence electrons. The second kappa shape index (κ2) is 8.65. The van der Waals surface area contributed by atoms with Gasteiger partial charge >= 0.3 is 0 Å². The Bertz CT molecular complexity index is 296. The van der Waals surface area contributed by atoms with Crippen LogP contribution < -0.4 is 5.32 Å². The molecule has 1 N–H and O–H groups in total. The van der Waals surface area contributed by atoms with Gasteiger partial charge in [-0.25, -0.2) is 0 Å². The topological polar surface area (TPSA) is 25.2 Å². The van der Waals surface area contributed by atoms with Crippen molar-refractivity contribution < 1.29 is 4.42 Å². The van der Waals surface area contributed by atoms with Crippen molar-refractivity contribution in [2.24, 2.45) is 0 Å². The van der Waals surface area contributed by atoms with Gasteiger partial charge < -0.3 is 9.73 Å². The van der Waals surface area contributed by atoms with E-state index < -0.39 is 0 Å². The molecule has 0 fully saturated rings. The maximum absolute atomic E-state index is 5.76. The summed E-state index contributed by atoms with van der Waals surface area (Å²) in [5, 5.41) is 3.36. The van der Waals surface area contributed by atoms with Crippen LogP contribution in [0.5, 0.6) is 0 Å². The van der Waals surface area contributed by atoms with Crippen LogP contribution in [-0.4, -0.2) is 11.8 Å². The average Bonchev–Trinajstić information content (AvgIpc) is 2.74. The Morgan fingerprint density at radius 2 is 2.00 bits per heavy atom. The van der Waals surface area contributed by atoms with Crippen molar-refractivity contribution in [1.29, 1.82) is 0 Å². The molecule has 0 aromatic carbocycles. The van der Waals surface area contributed by atoms with Crippen LogP contribution in [0.4, 0.5) is 0 Å².